The molecule has 0 spiro atoms. The fourth-order valence-electron chi connectivity index (χ4n) is 4.83. The Hall–Kier alpha value is -3.14. The first-order chi connectivity index (χ1) is 20.1. The molecule has 0 aliphatic rings. The average Bonchev–Trinajstić information content (AvgIpc) is 2.95. The third-order valence-corrected chi connectivity index (χ3v) is 10.7. The van der Waals surface area contributed by atoms with Gasteiger partial charge in [0.1, 0.15) is 21.6 Å². The Bertz CT molecular complexity index is 1780. The van der Waals surface area contributed by atoms with Crippen LogP contribution in [0.15, 0.2) is 95.9 Å². The first kappa shape index (κ1) is 32.8. The quantitative estimate of drug-likeness (QED) is 0.140. The second-order valence-corrected chi connectivity index (χ2v) is 16.8. The standard InChI is InChI=1S/C20H26I.C16H14O5S/c1-19(2,3)15-7-11-17(12-8-15)21-18-13-9-16(10-14-18)20(4,5)6;1-20-15-11-5-3-4-6-12(11)16(21-2)14-9-10(22(17,18)19)7-8-13(14)15/h7-14H,1-6H3;3-9H,1-2H3,(H,17,18,19)/q+1;/p-1. The van der Waals surface area contributed by atoms with E-state index in [9.17, 15) is 13.0 Å². The number of benzene rings is 5. The Balaban J connectivity index is 0.000000197. The van der Waals surface area contributed by atoms with E-state index in [-0.39, 0.29) is 36.9 Å². The molecule has 0 unspecified atom stereocenters. The van der Waals surface area contributed by atoms with Gasteiger partial charge in [-0.05, 0) is 64.4 Å². The number of ether oxygens (including phenoxy) is 2. The molecule has 7 heteroatoms. The van der Waals surface area contributed by atoms with Gasteiger partial charge in [0.05, 0.1) is 19.1 Å². The van der Waals surface area contributed by atoms with Crippen molar-refractivity contribution in [2.45, 2.75) is 57.3 Å². The highest BCUT2D eigenvalue weighted by Gasteiger charge is 2.20. The third kappa shape index (κ3) is 7.69. The Morgan fingerprint density at radius 1 is 0.581 bits per heavy atom. The number of hydrogen-bond donors (Lipinski definition) is 0. The minimum absolute atomic E-state index is 0.0703. The van der Waals surface area contributed by atoms with Crippen LogP contribution in [0.1, 0.15) is 52.7 Å². The van der Waals surface area contributed by atoms with Crippen LogP contribution in [0.5, 0.6) is 11.5 Å². The Morgan fingerprint density at radius 2 is 0.977 bits per heavy atom. The molecule has 0 saturated heterocycles. The topological polar surface area (TPSA) is 75.7 Å². The van der Waals surface area contributed by atoms with E-state index in [0.29, 0.717) is 22.3 Å². The zero-order valence-electron chi connectivity index (χ0n) is 26.0. The molecule has 0 bridgehead atoms. The van der Waals surface area contributed by atoms with E-state index in [2.05, 4.69) is 90.1 Å². The molecule has 5 aromatic rings. The van der Waals surface area contributed by atoms with Crippen molar-refractivity contribution < 1.29 is 43.6 Å². The number of fused-ring (bicyclic) bond motifs is 2. The highest BCUT2D eigenvalue weighted by molar-refractivity contribution is 7.85. The molecule has 0 heterocycles. The van der Waals surface area contributed by atoms with Gasteiger partial charge in [-0.1, -0.05) is 90.1 Å². The van der Waals surface area contributed by atoms with E-state index >= 15 is 0 Å². The van der Waals surface area contributed by atoms with Crippen molar-refractivity contribution in [1.82, 2.24) is 0 Å². The van der Waals surface area contributed by atoms with Crippen LogP contribution in [-0.4, -0.2) is 27.2 Å². The normalized spacial score (nSPS) is 12.1. The summed E-state index contributed by atoms with van der Waals surface area (Å²) in [5, 5.41) is 2.85. The van der Waals surface area contributed by atoms with Crippen molar-refractivity contribution in [1.29, 1.82) is 0 Å². The lowest BCUT2D eigenvalue weighted by Crippen LogP contribution is -3.61. The molecule has 0 radical (unpaired) electrons. The fraction of sp³-hybridized carbons (Fsp3) is 0.278. The van der Waals surface area contributed by atoms with E-state index in [1.165, 1.54) is 37.5 Å². The van der Waals surface area contributed by atoms with E-state index in [1.54, 1.807) is 13.2 Å². The maximum atomic E-state index is 11.3. The fourth-order valence-corrected chi connectivity index (χ4v) is 7.48. The maximum Gasteiger partial charge on any atom is 0.357 e. The van der Waals surface area contributed by atoms with Crippen LogP contribution in [0.4, 0.5) is 0 Å². The summed E-state index contributed by atoms with van der Waals surface area (Å²) >= 11 is -0.0703. The van der Waals surface area contributed by atoms with Gasteiger partial charge in [-0.25, -0.2) is 8.42 Å². The molecular formula is C36H39IO5S. The molecule has 0 aromatic heterocycles. The number of methoxy groups -OCH3 is 2. The summed E-state index contributed by atoms with van der Waals surface area (Å²) in [5.41, 5.74) is 3.31. The number of rotatable bonds is 5. The van der Waals surface area contributed by atoms with Gasteiger partial charge in [-0.2, -0.15) is 0 Å². The maximum absolute atomic E-state index is 11.3. The zero-order valence-corrected chi connectivity index (χ0v) is 29.0. The number of hydrogen-bond acceptors (Lipinski definition) is 5. The van der Waals surface area contributed by atoms with Gasteiger partial charge in [-0.3, -0.25) is 0 Å². The van der Waals surface area contributed by atoms with E-state index in [0.717, 1.165) is 10.8 Å². The van der Waals surface area contributed by atoms with Gasteiger partial charge in [0.15, 0.2) is 7.14 Å². The predicted molar refractivity (Wildman–Crippen MR) is 170 cm³/mol. The van der Waals surface area contributed by atoms with Crippen molar-refractivity contribution in [2.75, 3.05) is 14.2 Å². The lowest BCUT2D eigenvalue weighted by atomic mass is 9.87. The predicted octanol–water partition coefficient (Wildman–Crippen LogP) is 5.32. The molecule has 0 N–H and O–H groups in total. The Labute approximate surface area is 266 Å². The van der Waals surface area contributed by atoms with Gasteiger partial charge in [-0.15, -0.1) is 0 Å². The lowest BCUT2D eigenvalue weighted by Gasteiger charge is -2.18. The molecule has 0 aliphatic heterocycles. The molecule has 5 nitrogen and oxygen atoms in total. The summed E-state index contributed by atoms with van der Waals surface area (Å²) in [6.07, 6.45) is 0. The highest BCUT2D eigenvalue weighted by atomic mass is 127. The molecule has 0 amide bonds. The second-order valence-electron chi connectivity index (χ2n) is 12.4. The van der Waals surface area contributed by atoms with Crippen LogP contribution >= 0.6 is 0 Å². The van der Waals surface area contributed by atoms with Gasteiger partial charge >= 0.3 is 21.2 Å². The van der Waals surface area contributed by atoms with Gasteiger partial charge in [0, 0.05) is 21.5 Å². The van der Waals surface area contributed by atoms with Crippen LogP contribution in [0.3, 0.4) is 0 Å². The first-order valence-electron chi connectivity index (χ1n) is 14.0. The summed E-state index contributed by atoms with van der Waals surface area (Å²) in [5.74, 6) is 1.12. The molecule has 226 valence electrons. The molecule has 0 saturated carbocycles. The summed E-state index contributed by atoms with van der Waals surface area (Å²) in [4.78, 5) is -0.296. The molecule has 43 heavy (non-hydrogen) atoms. The minimum atomic E-state index is -4.54. The van der Waals surface area contributed by atoms with Gasteiger partial charge in [0.2, 0.25) is 0 Å². The smallest absolute Gasteiger partial charge is 0.357 e. The SMILES string of the molecule is CC(C)(C)c1ccc([I+]c2ccc(C(C)(C)C)cc2)cc1.COc1c2ccccc2c(OC)c2cc(S(=O)(=O)[O-])ccc12. The Morgan fingerprint density at radius 3 is 1.35 bits per heavy atom. The lowest BCUT2D eigenvalue weighted by molar-refractivity contribution is -0.597. The second kappa shape index (κ2) is 12.8. The van der Waals surface area contributed by atoms with Crippen LogP contribution in [0, 0.1) is 7.14 Å². The molecule has 5 aromatic carbocycles. The highest BCUT2D eigenvalue weighted by Crippen LogP contribution is 2.43. The Kier molecular flexibility index (Phi) is 9.79. The molecule has 0 fully saturated rings. The van der Waals surface area contributed by atoms with Crippen molar-refractivity contribution in [3.63, 3.8) is 0 Å². The summed E-state index contributed by atoms with van der Waals surface area (Å²) in [6, 6.07) is 30.1. The van der Waals surface area contributed by atoms with Gasteiger partial charge < -0.3 is 14.0 Å². The van der Waals surface area contributed by atoms with E-state index in [4.69, 9.17) is 9.47 Å². The van der Waals surface area contributed by atoms with Crippen molar-refractivity contribution in [3.05, 3.63) is 109 Å². The van der Waals surface area contributed by atoms with Crippen LogP contribution in [0.25, 0.3) is 21.5 Å². The monoisotopic (exact) mass is 710 g/mol. The largest absolute Gasteiger partial charge is 0.744 e. The van der Waals surface area contributed by atoms with Crippen LogP contribution in [-0.2, 0) is 20.9 Å². The van der Waals surface area contributed by atoms with Crippen molar-refractivity contribution >= 4 is 31.7 Å². The summed E-state index contributed by atoms with van der Waals surface area (Å²) in [6.45, 7) is 13.6. The van der Waals surface area contributed by atoms with Crippen LogP contribution < -0.4 is 30.7 Å². The van der Waals surface area contributed by atoms with E-state index < -0.39 is 10.1 Å². The minimum Gasteiger partial charge on any atom is -0.744 e. The van der Waals surface area contributed by atoms with Crippen LogP contribution in [0.2, 0.25) is 0 Å². The van der Waals surface area contributed by atoms with Crippen molar-refractivity contribution in [2.24, 2.45) is 0 Å². The molecule has 0 aliphatic carbocycles. The van der Waals surface area contributed by atoms with Gasteiger partial charge in [0.25, 0.3) is 0 Å². The average molecular weight is 711 g/mol. The number of halogens is 1. The molecule has 5 rings (SSSR count). The summed E-state index contributed by atoms with van der Waals surface area (Å²) < 4.78 is 47.7. The van der Waals surface area contributed by atoms with E-state index in [1.807, 2.05) is 24.3 Å². The molecular weight excluding hydrogens is 671 g/mol. The van der Waals surface area contributed by atoms with Crippen molar-refractivity contribution in [3.8, 4) is 11.5 Å². The summed E-state index contributed by atoms with van der Waals surface area (Å²) in [7, 11) is -1.48. The first-order valence-corrected chi connectivity index (χ1v) is 17.6. The zero-order chi connectivity index (χ0) is 31.6. The third-order valence-electron chi connectivity index (χ3n) is 7.23. The molecule has 0 atom stereocenters.